The highest BCUT2D eigenvalue weighted by Gasteiger charge is 2.14. The molecule has 1 unspecified atom stereocenters. The first-order valence-electron chi connectivity index (χ1n) is 10.9. The molecule has 0 aromatic carbocycles. The molecule has 8 nitrogen and oxygen atoms in total. The second kappa shape index (κ2) is 15.9. The molecule has 0 fully saturated rings. The molecule has 0 saturated carbocycles. The Labute approximate surface area is 175 Å². The molecule has 1 atom stereocenters. The standard InChI is InChI=1S/C21H39N5O3/c1-3-4-5-6-7-8-9-10-12-26(2)20(27)16-29-13-11-24-21(28)19(22)14-18-15-23-17-25-18/h15,17,19H,3-14,16,22H2,1-2H3,(H,23,25)(H,24,28). The molecule has 0 aliphatic rings. The van der Waals surface area contributed by atoms with Crippen LogP contribution in [0, 0.1) is 0 Å². The molecule has 2 amide bonds. The van der Waals surface area contributed by atoms with E-state index in [9.17, 15) is 9.59 Å². The fourth-order valence-corrected chi connectivity index (χ4v) is 2.98. The van der Waals surface area contributed by atoms with Crippen LogP contribution in [0.3, 0.4) is 0 Å². The van der Waals surface area contributed by atoms with Gasteiger partial charge in [0.2, 0.25) is 11.8 Å². The summed E-state index contributed by atoms with van der Waals surface area (Å²) < 4.78 is 5.37. The van der Waals surface area contributed by atoms with E-state index in [4.69, 9.17) is 10.5 Å². The second-order valence-corrected chi connectivity index (χ2v) is 7.52. The van der Waals surface area contributed by atoms with Gasteiger partial charge in [-0.3, -0.25) is 9.59 Å². The molecule has 1 heterocycles. The lowest BCUT2D eigenvalue weighted by Gasteiger charge is -2.17. The Balaban J connectivity index is 1.98. The van der Waals surface area contributed by atoms with E-state index in [1.165, 1.54) is 38.5 Å². The third-order valence-corrected chi connectivity index (χ3v) is 4.88. The van der Waals surface area contributed by atoms with Gasteiger partial charge in [-0.05, 0) is 6.42 Å². The summed E-state index contributed by atoms with van der Waals surface area (Å²) in [4.78, 5) is 32.5. The van der Waals surface area contributed by atoms with Gasteiger partial charge in [0.05, 0.1) is 19.0 Å². The molecule has 1 aromatic rings. The van der Waals surface area contributed by atoms with Crippen molar-refractivity contribution >= 4 is 11.8 Å². The first kappa shape index (κ1) is 25.1. The van der Waals surface area contributed by atoms with Crippen molar-refractivity contribution in [1.29, 1.82) is 0 Å². The molecule has 0 saturated heterocycles. The Morgan fingerprint density at radius 2 is 1.90 bits per heavy atom. The van der Waals surface area contributed by atoms with Gasteiger partial charge in [-0.2, -0.15) is 0 Å². The van der Waals surface area contributed by atoms with Gasteiger partial charge in [-0.15, -0.1) is 0 Å². The van der Waals surface area contributed by atoms with Gasteiger partial charge in [0.15, 0.2) is 0 Å². The third-order valence-electron chi connectivity index (χ3n) is 4.88. The van der Waals surface area contributed by atoms with E-state index in [1.807, 2.05) is 7.05 Å². The number of amides is 2. The molecule has 1 aromatic heterocycles. The van der Waals surface area contributed by atoms with Crippen molar-refractivity contribution in [2.75, 3.05) is 33.4 Å². The van der Waals surface area contributed by atoms with Crippen LogP contribution >= 0.6 is 0 Å². The molecule has 8 heteroatoms. The summed E-state index contributed by atoms with van der Waals surface area (Å²) >= 11 is 0. The van der Waals surface area contributed by atoms with Crippen LogP contribution in [0.1, 0.15) is 64.0 Å². The van der Waals surface area contributed by atoms with Gasteiger partial charge in [0.25, 0.3) is 0 Å². The number of carbonyl (C=O) groups is 2. The number of likely N-dealkylation sites (N-methyl/N-ethyl adjacent to an activating group) is 1. The van der Waals surface area contributed by atoms with Crippen molar-refractivity contribution in [3.63, 3.8) is 0 Å². The van der Waals surface area contributed by atoms with E-state index < -0.39 is 6.04 Å². The average molecular weight is 410 g/mol. The zero-order chi connectivity index (χ0) is 21.3. The number of imidazole rings is 1. The van der Waals surface area contributed by atoms with Crippen molar-refractivity contribution in [3.05, 3.63) is 18.2 Å². The zero-order valence-corrected chi connectivity index (χ0v) is 18.1. The van der Waals surface area contributed by atoms with E-state index in [1.54, 1.807) is 17.4 Å². The maximum Gasteiger partial charge on any atom is 0.248 e. The molecule has 0 aliphatic carbocycles. The number of aromatic amines is 1. The molecule has 0 radical (unpaired) electrons. The molecule has 166 valence electrons. The fourth-order valence-electron chi connectivity index (χ4n) is 2.98. The maximum atomic E-state index is 12.0. The molecule has 0 spiro atoms. The van der Waals surface area contributed by atoms with Crippen molar-refractivity contribution in [2.45, 2.75) is 70.8 Å². The minimum atomic E-state index is -0.644. The van der Waals surface area contributed by atoms with Crippen LogP contribution in [0.2, 0.25) is 0 Å². The Kier molecular flexibility index (Phi) is 13.8. The van der Waals surface area contributed by atoms with Gasteiger partial charge in [-0.25, -0.2) is 4.98 Å². The number of nitrogens with two attached hydrogens (primary N) is 1. The normalized spacial score (nSPS) is 12.0. The van der Waals surface area contributed by atoms with E-state index in [0.29, 0.717) is 13.0 Å². The Bertz CT molecular complexity index is 551. The topological polar surface area (TPSA) is 113 Å². The first-order valence-corrected chi connectivity index (χ1v) is 10.9. The van der Waals surface area contributed by atoms with Crippen molar-refractivity contribution in [2.24, 2.45) is 5.73 Å². The number of ether oxygens (including phenoxy) is 1. The zero-order valence-electron chi connectivity index (χ0n) is 18.1. The van der Waals surface area contributed by atoms with Gasteiger partial charge >= 0.3 is 0 Å². The summed E-state index contributed by atoms with van der Waals surface area (Å²) in [6.45, 7) is 3.62. The molecule has 4 N–H and O–H groups in total. The van der Waals surface area contributed by atoms with Crippen LogP contribution in [-0.2, 0) is 20.7 Å². The lowest BCUT2D eigenvalue weighted by atomic mass is 10.1. The predicted molar refractivity (Wildman–Crippen MR) is 114 cm³/mol. The molecule has 0 aliphatic heterocycles. The minimum absolute atomic E-state index is 0.0313. The predicted octanol–water partition coefficient (Wildman–Crippen LogP) is 2.01. The number of nitrogens with zero attached hydrogens (tertiary/aromatic N) is 2. The van der Waals surface area contributed by atoms with Crippen LogP contribution in [0.15, 0.2) is 12.5 Å². The number of hydrogen-bond donors (Lipinski definition) is 3. The Morgan fingerprint density at radius 1 is 1.21 bits per heavy atom. The van der Waals surface area contributed by atoms with Crippen LogP contribution in [0.4, 0.5) is 0 Å². The maximum absolute atomic E-state index is 12.0. The molecule has 1 rings (SSSR count). The quantitative estimate of drug-likeness (QED) is 0.341. The van der Waals surface area contributed by atoms with Crippen molar-refractivity contribution in [1.82, 2.24) is 20.2 Å². The highest BCUT2D eigenvalue weighted by atomic mass is 16.5. The van der Waals surface area contributed by atoms with Crippen molar-refractivity contribution < 1.29 is 14.3 Å². The summed E-state index contributed by atoms with van der Waals surface area (Å²) in [5.74, 6) is -0.281. The lowest BCUT2D eigenvalue weighted by molar-refractivity contribution is -0.134. The number of nitrogens with one attached hydrogen (secondary N) is 2. The third kappa shape index (κ3) is 12.3. The Hall–Kier alpha value is -1.93. The van der Waals surface area contributed by atoms with Crippen LogP contribution in [0.5, 0.6) is 0 Å². The number of H-pyrrole nitrogens is 1. The highest BCUT2D eigenvalue weighted by molar-refractivity contribution is 5.81. The number of rotatable bonds is 17. The number of carbonyl (C=O) groups excluding carboxylic acids is 2. The first-order chi connectivity index (χ1) is 14.0. The number of hydrogen-bond acceptors (Lipinski definition) is 5. The summed E-state index contributed by atoms with van der Waals surface area (Å²) in [6.07, 6.45) is 13.6. The Morgan fingerprint density at radius 3 is 2.55 bits per heavy atom. The van der Waals surface area contributed by atoms with Gasteiger partial charge in [-0.1, -0.05) is 51.9 Å². The van der Waals surface area contributed by atoms with E-state index >= 15 is 0 Å². The number of unbranched alkanes of at least 4 members (excludes halogenated alkanes) is 7. The number of aromatic nitrogens is 2. The highest BCUT2D eigenvalue weighted by Crippen LogP contribution is 2.08. The largest absolute Gasteiger partial charge is 0.370 e. The molecule has 0 bridgehead atoms. The summed E-state index contributed by atoms with van der Waals surface area (Å²) in [5, 5.41) is 2.72. The minimum Gasteiger partial charge on any atom is -0.370 e. The summed E-state index contributed by atoms with van der Waals surface area (Å²) in [5.41, 5.74) is 6.66. The summed E-state index contributed by atoms with van der Waals surface area (Å²) in [6, 6.07) is -0.644. The molecule has 29 heavy (non-hydrogen) atoms. The van der Waals surface area contributed by atoms with Crippen LogP contribution in [-0.4, -0.2) is 66.1 Å². The SMILES string of the molecule is CCCCCCCCCCN(C)C(=O)COCCNC(=O)C(N)Cc1cnc[nH]1. The summed E-state index contributed by atoms with van der Waals surface area (Å²) in [7, 11) is 1.81. The van der Waals surface area contributed by atoms with Gasteiger partial charge in [0, 0.05) is 38.4 Å². The van der Waals surface area contributed by atoms with Gasteiger partial charge < -0.3 is 25.7 Å². The van der Waals surface area contributed by atoms with Gasteiger partial charge in [0.1, 0.15) is 6.61 Å². The fraction of sp³-hybridized carbons (Fsp3) is 0.762. The smallest absolute Gasteiger partial charge is 0.248 e. The van der Waals surface area contributed by atoms with E-state index in [-0.39, 0.29) is 25.0 Å². The van der Waals surface area contributed by atoms with E-state index in [0.717, 1.165) is 25.1 Å². The van der Waals surface area contributed by atoms with Crippen molar-refractivity contribution in [3.8, 4) is 0 Å². The molecular weight excluding hydrogens is 370 g/mol. The van der Waals surface area contributed by atoms with E-state index in [2.05, 4.69) is 22.2 Å². The second-order valence-electron chi connectivity index (χ2n) is 7.52. The molecular formula is C21H39N5O3. The van der Waals surface area contributed by atoms with Crippen LogP contribution in [0.25, 0.3) is 0 Å². The lowest BCUT2D eigenvalue weighted by Crippen LogP contribution is -2.43. The monoisotopic (exact) mass is 409 g/mol. The van der Waals surface area contributed by atoms with Crippen LogP contribution < -0.4 is 11.1 Å². The average Bonchev–Trinajstić information content (AvgIpc) is 3.22.